The number of amides is 2. The van der Waals surface area contributed by atoms with E-state index in [0.717, 1.165) is 45.3 Å². The molecule has 2 saturated heterocycles. The van der Waals surface area contributed by atoms with Gasteiger partial charge in [-0.15, -0.1) is 0 Å². The molecule has 0 aromatic carbocycles. The maximum atomic E-state index is 12.0. The Kier molecular flexibility index (Phi) is 4.58. The molecule has 0 unspecified atom stereocenters. The molecule has 0 aromatic rings. The van der Waals surface area contributed by atoms with E-state index in [4.69, 9.17) is 0 Å². The van der Waals surface area contributed by atoms with Gasteiger partial charge in [0.25, 0.3) is 0 Å². The van der Waals surface area contributed by atoms with Crippen molar-refractivity contribution in [3.63, 3.8) is 0 Å². The van der Waals surface area contributed by atoms with Gasteiger partial charge in [0.15, 0.2) is 0 Å². The Morgan fingerprint density at radius 1 is 1.17 bits per heavy atom. The van der Waals surface area contributed by atoms with E-state index in [1.54, 1.807) is 6.92 Å². The third kappa shape index (κ3) is 3.45. The van der Waals surface area contributed by atoms with Gasteiger partial charge in [-0.3, -0.25) is 9.59 Å². The highest BCUT2D eigenvalue weighted by atomic mass is 16.2. The summed E-state index contributed by atoms with van der Waals surface area (Å²) < 4.78 is 0. The molecule has 0 radical (unpaired) electrons. The quantitative estimate of drug-likeness (QED) is 0.742. The van der Waals surface area contributed by atoms with Crippen LogP contribution in [0.25, 0.3) is 0 Å². The molecular formula is C13H23N3O2. The monoisotopic (exact) mass is 253 g/mol. The van der Waals surface area contributed by atoms with E-state index in [-0.39, 0.29) is 23.9 Å². The number of nitrogens with zero attached hydrogens (tertiary/aromatic N) is 1. The van der Waals surface area contributed by atoms with Gasteiger partial charge in [0.05, 0.1) is 6.04 Å². The third-order valence-electron chi connectivity index (χ3n) is 3.91. The van der Waals surface area contributed by atoms with Crippen molar-refractivity contribution in [1.82, 2.24) is 15.5 Å². The van der Waals surface area contributed by atoms with Crippen molar-refractivity contribution in [1.29, 1.82) is 0 Å². The molecule has 2 fully saturated rings. The Morgan fingerprint density at radius 3 is 2.44 bits per heavy atom. The zero-order valence-corrected chi connectivity index (χ0v) is 11.1. The minimum Gasteiger partial charge on any atom is -0.352 e. The van der Waals surface area contributed by atoms with Crippen LogP contribution < -0.4 is 10.6 Å². The van der Waals surface area contributed by atoms with E-state index in [0.29, 0.717) is 0 Å². The highest BCUT2D eigenvalue weighted by molar-refractivity contribution is 5.82. The number of hydrogen-bond acceptors (Lipinski definition) is 3. The maximum absolute atomic E-state index is 12.0. The fourth-order valence-electron chi connectivity index (χ4n) is 2.72. The van der Waals surface area contributed by atoms with E-state index >= 15 is 0 Å². The predicted octanol–water partition coefficient (Wildman–Crippen LogP) is 0.256. The van der Waals surface area contributed by atoms with Crippen LogP contribution in [-0.2, 0) is 9.59 Å². The zero-order valence-electron chi connectivity index (χ0n) is 11.1. The predicted molar refractivity (Wildman–Crippen MR) is 69.1 cm³/mol. The molecule has 0 spiro atoms. The van der Waals surface area contributed by atoms with Crippen LogP contribution in [0.4, 0.5) is 0 Å². The van der Waals surface area contributed by atoms with Crippen molar-refractivity contribution in [2.24, 2.45) is 0 Å². The van der Waals surface area contributed by atoms with Crippen molar-refractivity contribution >= 4 is 11.8 Å². The average Bonchev–Trinajstić information content (AvgIpc) is 2.40. The summed E-state index contributed by atoms with van der Waals surface area (Å²) in [5, 5.41) is 6.37. The molecule has 2 rings (SSSR count). The van der Waals surface area contributed by atoms with Crippen LogP contribution in [0.1, 0.15) is 39.0 Å². The first-order valence-corrected chi connectivity index (χ1v) is 6.96. The smallest absolute Gasteiger partial charge is 0.237 e. The second-order valence-electron chi connectivity index (χ2n) is 5.29. The average molecular weight is 253 g/mol. The molecule has 2 N–H and O–H groups in total. The Bertz CT molecular complexity index is 305. The Labute approximate surface area is 108 Å². The summed E-state index contributed by atoms with van der Waals surface area (Å²) >= 11 is 0. The van der Waals surface area contributed by atoms with E-state index < -0.39 is 0 Å². The molecule has 0 bridgehead atoms. The van der Waals surface area contributed by atoms with E-state index in [1.165, 1.54) is 6.42 Å². The molecule has 0 aromatic heterocycles. The largest absolute Gasteiger partial charge is 0.352 e. The van der Waals surface area contributed by atoms with Crippen molar-refractivity contribution in [2.75, 3.05) is 19.6 Å². The lowest BCUT2D eigenvalue weighted by molar-refractivity contribution is -0.130. The van der Waals surface area contributed by atoms with Gasteiger partial charge in [-0.1, -0.05) is 6.42 Å². The van der Waals surface area contributed by atoms with Gasteiger partial charge in [0, 0.05) is 26.1 Å². The van der Waals surface area contributed by atoms with Gasteiger partial charge >= 0.3 is 0 Å². The first-order chi connectivity index (χ1) is 8.66. The summed E-state index contributed by atoms with van der Waals surface area (Å²) in [5.74, 6) is 0.268. The van der Waals surface area contributed by atoms with Gasteiger partial charge < -0.3 is 15.5 Å². The lowest BCUT2D eigenvalue weighted by Gasteiger charge is -2.33. The zero-order chi connectivity index (χ0) is 13.0. The second-order valence-corrected chi connectivity index (χ2v) is 5.29. The first kappa shape index (κ1) is 13.3. The molecule has 102 valence electrons. The molecule has 2 aliphatic heterocycles. The van der Waals surface area contributed by atoms with Crippen LogP contribution in [0.15, 0.2) is 0 Å². The minimum absolute atomic E-state index is 0.00964. The lowest BCUT2D eigenvalue weighted by atomic mass is 10.0. The summed E-state index contributed by atoms with van der Waals surface area (Å²) in [6.45, 7) is 4.07. The van der Waals surface area contributed by atoms with E-state index in [9.17, 15) is 9.59 Å². The Morgan fingerprint density at radius 2 is 1.89 bits per heavy atom. The molecule has 2 aliphatic rings. The first-order valence-electron chi connectivity index (χ1n) is 6.96. The number of hydrogen-bond donors (Lipinski definition) is 2. The van der Waals surface area contributed by atoms with Crippen LogP contribution >= 0.6 is 0 Å². The van der Waals surface area contributed by atoms with Crippen molar-refractivity contribution < 1.29 is 9.59 Å². The van der Waals surface area contributed by atoms with Crippen LogP contribution in [0.3, 0.4) is 0 Å². The topological polar surface area (TPSA) is 61.4 Å². The summed E-state index contributed by atoms with van der Waals surface area (Å²) in [4.78, 5) is 25.1. The molecular weight excluding hydrogens is 230 g/mol. The number of carbonyl (C=O) groups is 2. The number of likely N-dealkylation sites (tertiary alicyclic amines) is 1. The normalized spacial score (nSPS) is 25.8. The van der Waals surface area contributed by atoms with Crippen LogP contribution in [-0.4, -0.2) is 48.4 Å². The minimum atomic E-state index is -0.00964. The Hall–Kier alpha value is -1.10. The fraction of sp³-hybridized carbons (Fsp3) is 0.846. The molecule has 5 nitrogen and oxygen atoms in total. The highest BCUT2D eigenvalue weighted by Crippen LogP contribution is 2.12. The fourth-order valence-corrected chi connectivity index (χ4v) is 2.72. The van der Waals surface area contributed by atoms with Gasteiger partial charge in [-0.25, -0.2) is 0 Å². The summed E-state index contributed by atoms with van der Waals surface area (Å²) in [7, 11) is 0. The summed E-state index contributed by atoms with van der Waals surface area (Å²) in [6, 6.07) is 0.224. The number of carbonyl (C=O) groups excluding carboxylic acids is 2. The molecule has 1 atom stereocenters. The van der Waals surface area contributed by atoms with Gasteiger partial charge in [-0.2, -0.15) is 0 Å². The molecule has 2 heterocycles. The molecule has 18 heavy (non-hydrogen) atoms. The van der Waals surface area contributed by atoms with E-state index in [1.807, 2.05) is 4.90 Å². The van der Waals surface area contributed by atoms with Crippen molar-refractivity contribution in [3.8, 4) is 0 Å². The van der Waals surface area contributed by atoms with Crippen LogP contribution in [0.2, 0.25) is 0 Å². The molecule has 2 amide bonds. The van der Waals surface area contributed by atoms with Gasteiger partial charge in [0.2, 0.25) is 11.8 Å². The lowest BCUT2D eigenvalue weighted by Crippen LogP contribution is -2.52. The SMILES string of the molecule is CC(=O)N1CCC(NC(=O)[C@@H]2CCCCN2)CC1. The van der Waals surface area contributed by atoms with Gasteiger partial charge in [0.1, 0.15) is 0 Å². The van der Waals surface area contributed by atoms with Crippen LogP contribution in [0, 0.1) is 0 Å². The van der Waals surface area contributed by atoms with Gasteiger partial charge in [-0.05, 0) is 32.2 Å². The molecule has 0 aliphatic carbocycles. The summed E-state index contributed by atoms with van der Waals surface area (Å²) in [6.07, 6.45) is 4.99. The summed E-state index contributed by atoms with van der Waals surface area (Å²) in [5.41, 5.74) is 0. The molecule has 0 saturated carbocycles. The van der Waals surface area contributed by atoms with E-state index in [2.05, 4.69) is 10.6 Å². The maximum Gasteiger partial charge on any atom is 0.237 e. The van der Waals surface area contributed by atoms with Crippen molar-refractivity contribution in [2.45, 2.75) is 51.1 Å². The number of piperidine rings is 2. The third-order valence-corrected chi connectivity index (χ3v) is 3.91. The standard InChI is InChI=1S/C13H23N3O2/c1-10(17)16-8-5-11(6-9-16)15-13(18)12-4-2-3-7-14-12/h11-12,14H,2-9H2,1H3,(H,15,18)/t12-/m0/s1. The Balaban J connectivity index is 1.73. The van der Waals surface area contributed by atoms with Crippen molar-refractivity contribution in [3.05, 3.63) is 0 Å². The van der Waals surface area contributed by atoms with Crippen LogP contribution in [0.5, 0.6) is 0 Å². The molecule has 5 heteroatoms. The second kappa shape index (κ2) is 6.18. The number of rotatable bonds is 2. The number of nitrogens with one attached hydrogen (secondary N) is 2. The highest BCUT2D eigenvalue weighted by Gasteiger charge is 2.26.